The maximum atomic E-state index is 11.6. The summed E-state index contributed by atoms with van der Waals surface area (Å²) in [5, 5.41) is 3.94. The van der Waals surface area contributed by atoms with Crippen LogP contribution in [0.1, 0.15) is 41.0 Å². The minimum atomic E-state index is 0.0709. The average molecular weight is 264 g/mol. The summed E-state index contributed by atoms with van der Waals surface area (Å²) in [5.74, 6) is 0.622. The lowest BCUT2D eigenvalue weighted by molar-refractivity contribution is -0.123. The van der Waals surface area contributed by atoms with E-state index in [0.717, 1.165) is 5.33 Å². The van der Waals surface area contributed by atoms with Crippen LogP contribution in [-0.4, -0.2) is 17.3 Å². The van der Waals surface area contributed by atoms with Crippen molar-refractivity contribution < 1.29 is 4.79 Å². The van der Waals surface area contributed by atoms with E-state index in [0.29, 0.717) is 12.3 Å². The van der Waals surface area contributed by atoms with Gasteiger partial charge in [0.2, 0.25) is 5.91 Å². The lowest BCUT2D eigenvalue weighted by atomic mass is 9.91. The molecule has 0 spiro atoms. The zero-order valence-corrected chi connectivity index (χ0v) is 11.4. The zero-order valence-electron chi connectivity index (χ0n) is 9.86. The monoisotopic (exact) mass is 263 g/mol. The maximum absolute atomic E-state index is 11.6. The number of alkyl halides is 1. The molecule has 0 aliphatic heterocycles. The normalized spacial score (nSPS) is 16.1. The molecule has 14 heavy (non-hydrogen) atoms. The van der Waals surface area contributed by atoms with E-state index in [1.54, 1.807) is 0 Å². The minimum absolute atomic E-state index is 0.0709. The Morgan fingerprint density at radius 3 is 2.21 bits per heavy atom. The van der Waals surface area contributed by atoms with Crippen molar-refractivity contribution >= 4 is 21.8 Å². The lowest BCUT2D eigenvalue weighted by Crippen LogP contribution is -2.39. The van der Waals surface area contributed by atoms with Crippen LogP contribution >= 0.6 is 15.9 Å². The molecule has 0 aliphatic rings. The number of hydrogen-bond donors (Lipinski definition) is 1. The first-order valence-electron chi connectivity index (χ1n) is 5.11. The van der Waals surface area contributed by atoms with Crippen molar-refractivity contribution in [2.45, 2.75) is 47.1 Å². The Morgan fingerprint density at radius 2 is 1.86 bits per heavy atom. The Bertz CT molecular complexity index is 186. The highest BCUT2D eigenvalue weighted by Gasteiger charge is 2.19. The van der Waals surface area contributed by atoms with E-state index in [1.165, 1.54) is 0 Å². The predicted octanol–water partition coefficient (Wildman–Crippen LogP) is 2.96. The van der Waals surface area contributed by atoms with Crippen molar-refractivity contribution in [2.75, 3.05) is 5.33 Å². The number of carbonyl (C=O) groups excluding carboxylic acids is 1. The van der Waals surface area contributed by atoms with Gasteiger partial charge in [-0.05, 0) is 18.3 Å². The molecule has 0 saturated carbocycles. The Labute approximate surface area is 96.0 Å². The fourth-order valence-corrected chi connectivity index (χ4v) is 1.62. The molecule has 2 nitrogen and oxygen atoms in total. The van der Waals surface area contributed by atoms with Gasteiger partial charge in [-0.25, -0.2) is 0 Å². The van der Waals surface area contributed by atoms with Gasteiger partial charge in [-0.2, -0.15) is 0 Å². The molecule has 2 atom stereocenters. The first kappa shape index (κ1) is 13.9. The molecule has 0 rings (SSSR count). The van der Waals surface area contributed by atoms with E-state index < -0.39 is 0 Å². The summed E-state index contributed by atoms with van der Waals surface area (Å²) < 4.78 is 0. The van der Waals surface area contributed by atoms with Crippen LogP contribution in [0.5, 0.6) is 0 Å². The van der Waals surface area contributed by atoms with Gasteiger partial charge in [0.15, 0.2) is 0 Å². The highest BCUT2D eigenvalue weighted by atomic mass is 79.9. The van der Waals surface area contributed by atoms with Crippen LogP contribution < -0.4 is 5.32 Å². The van der Waals surface area contributed by atoms with Gasteiger partial charge < -0.3 is 5.32 Å². The molecule has 0 aromatic rings. The van der Waals surface area contributed by atoms with Crippen LogP contribution in [-0.2, 0) is 4.79 Å². The van der Waals surface area contributed by atoms with Crippen LogP contribution in [0.3, 0.4) is 0 Å². The van der Waals surface area contributed by atoms with Gasteiger partial charge in [0, 0.05) is 17.8 Å². The molecule has 1 N–H and O–H groups in total. The molecule has 0 aromatic heterocycles. The fourth-order valence-electron chi connectivity index (χ4n) is 1.06. The van der Waals surface area contributed by atoms with Gasteiger partial charge in [0.25, 0.3) is 0 Å². The summed E-state index contributed by atoms with van der Waals surface area (Å²) in [6.45, 7) is 10.4. The third-order valence-corrected chi connectivity index (χ3v) is 3.20. The van der Waals surface area contributed by atoms with Crippen LogP contribution in [0.4, 0.5) is 0 Å². The second-order valence-corrected chi connectivity index (χ2v) is 5.87. The smallest absolute Gasteiger partial charge is 0.220 e. The molecule has 0 heterocycles. The Kier molecular flexibility index (Phi) is 5.72. The second kappa shape index (κ2) is 5.74. The second-order valence-electron chi connectivity index (χ2n) is 5.23. The summed E-state index contributed by atoms with van der Waals surface area (Å²) in [6, 6.07) is 0.240. The summed E-state index contributed by atoms with van der Waals surface area (Å²) in [4.78, 5) is 11.6. The molecule has 0 saturated heterocycles. The van der Waals surface area contributed by atoms with Gasteiger partial charge in [0.05, 0.1) is 0 Å². The molecule has 0 radical (unpaired) electrons. The van der Waals surface area contributed by atoms with Gasteiger partial charge in [-0.1, -0.05) is 43.6 Å². The maximum Gasteiger partial charge on any atom is 0.220 e. The molecular formula is C11H22BrNO. The van der Waals surface area contributed by atoms with Crippen molar-refractivity contribution in [2.24, 2.45) is 11.3 Å². The fraction of sp³-hybridized carbons (Fsp3) is 0.909. The van der Waals surface area contributed by atoms with E-state index in [4.69, 9.17) is 0 Å². The summed E-state index contributed by atoms with van der Waals surface area (Å²) in [6.07, 6.45) is 0.590. The number of carbonyl (C=O) groups is 1. The predicted molar refractivity (Wildman–Crippen MR) is 64.6 cm³/mol. The molecule has 3 heteroatoms. The number of hydrogen-bond acceptors (Lipinski definition) is 1. The van der Waals surface area contributed by atoms with Crippen LogP contribution in [0.15, 0.2) is 0 Å². The van der Waals surface area contributed by atoms with Crippen molar-refractivity contribution in [3.8, 4) is 0 Å². The van der Waals surface area contributed by atoms with E-state index in [9.17, 15) is 4.79 Å². The molecule has 0 fully saturated rings. The van der Waals surface area contributed by atoms with Crippen LogP contribution in [0.2, 0.25) is 0 Å². The molecular weight excluding hydrogens is 242 g/mol. The summed E-state index contributed by atoms with van der Waals surface area (Å²) in [5.41, 5.74) is 0.0709. The minimum Gasteiger partial charge on any atom is -0.353 e. The molecule has 1 amide bonds. The Balaban J connectivity index is 3.95. The Hall–Kier alpha value is -0.0500. The summed E-state index contributed by atoms with van der Waals surface area (Å²) in [7, 11) is 0. The van der Waals surface area contributed by atoms with Gasteiger partial charge >= 0.3 is 0 Å². The average Bonchev–Trinajstić information content (AvgIpc) is 1.99. The largest absolute Gasteiger partial charge is 0.353 e. The number of nitrogens with one attached hydrogen (secondary N) is 1. The van der Waals surface area contributed by atoms with Crippen LogP contribution in [0.25, 0.3) is 0 Å². The van der Waals surface area contributed by atoms with Crippen molar-refractivity contribution in [3.05, 3.63) is 0 Å². The molecule has 0 aliphatic carbocycles. The third kappa shape index (κ3) is 6.41. The zero-order chi connectivity index (χ0) is 11.4. The van der Waals surface area contributed by atoms with Crippen molar-refractivity contribution in [3.63, 3.8) is 0 Å². The van der Waals surface area contributed by atoms with Crippen molar-refractivity contribution in [1.82, 2.24) is 5.32 Å². The van der Waals surface area contributed by atoms with Gasteiger partial charge in [-0.3, -0.25) is 4.79 Å². The quantitative estimate of drug-likeness (QED) is 0.777. The van der Waals surface area contributed by atoms with E-state index in [-0.39, 0.29) is 17.4 Å². The number of amides is 1. The van der Waals surface area contributed by atoms with E-state index in [2.05, 4.69) is 48.9 Å². The van der Waals surface area contributed by atoms with Gasteiger partial charge in [0.1, 0.15) is 0 Å². The first-order valence-corrected chi connectivity index (χ1v) is 6.23. The van der Waals surface area contributed by atoms with Crippen LogP contribution in [0, 0.1) is 11.3 Å². The van der Waals surface area contributed by atoms with Gasteiger partial charge in [-0.15, -0.1) is 0 Å². The van der Waals surface area contributed by atoms with E-state index in [1.807, 2.05) is 6.92 Å². The SMILES string of the molecule is CC(CBr)C(C)NC(=O)CC(C)(C)C. The standard InChI is InChI=1S/C11H22BrNO/c1-8(7-12)9(2)13-10(14)6-11(3,4)5/h8-9H,6-7H2,1-5H3,(H,13,14). The number of rotatable bonds is 4. The highest BCUT2D eigenvalue weighted by Crippen LogP contribution is 2.18. The van der Waals surface area contributed by atoms with E-state index >= 15 is 0 Å². The Morgan fingerprint density at radius 1 is 1.36 bits per heavy atom. The molecule has 0 aromatic carbocycles. The topological polar surface area (TPSA) is 29.1 Å². The van der Waals surface area contributed by atoms with Crippen molar-refractivity contribution in [1.29, 1.82) is 0 Å². The third-order valence-electron chi connectivity index (χ3n) is 2.18. The lowest BCUT2D eigenvalue weighted by Gasteiger charge is -2.22. The summed E-state index contributed by atoms with van der Waals surface area (Å²) >= 11 is 3.42. The highest BCUT2D eigenvalue weighted by molar-refractivity contribution is 9.09. The number of halogens is 1. The first-order chi connectivity index (χ1) is 6.26. The molecule has 84 valence electrons. The molecule has 0 bridgehead atoms. The molecule has 2 unspecified atom stereocenters.